The second kappa shape index (κ2) is 10.3. The Morgan fingerprint density at radius 1 is 1.24 bits per heavy atom. The summed E-state index contributed by atoms with van der Waals surface area (Å²) in [6.45, 7) is 6.15. The maximum Gasteiger partial charge on any atom is 0.148 e. The molecule has 1 aromatic rings. The Morgan fingerprint density at radius 2 is 1.86 bits per heavy atom. The quantitative estimate of drug-likeness (QED) is 0.753. The van der Waals surface area contributed by atoms with Gasteiger partial charge in [-0.2, -0.15) is 0 Å². The summed E-state index contributed by atoms with van der Waals surface area (Å²) in [6.07, 6.45) is 3.68. The van der Waals surface area contributed by atoms with Gasteiger partial charge in [-0.05, 0) is 6.42 Å². The van der Waals surface area contributed by atoms with Crippen molar-refractivity contribution in [2.75, 3.05) is 26.2 Å². The molecule has 2 rings (SSSR count). The van der Waals surface area contributed by atoms with E-state index in [4.69, 9.17) is 34.8 Å². The van der Waals surface area contributed by atoms with Crippen LogP contribution >= 0.6 is 59.6 Å². The predicted molar refractivity (Wildman–Crippen MR) is 95.9 cm³/mol. The third-order valence-electron chi connectivity index (χ3n) is 3.45. The number of piperazine rings is 1. The molecule has 21 heavy (non-hydrogen) atoms. The largest absolute Gasteiger partial charge is 0.314 e. The summed E-state index contributed by atoms with van der Waals surface area (Å²) in [6, 6.07) is 0.215. The van der Waals surface area contributed by atoms with E-state index in [-0.39, 0.29) is 30.9 Å². The van der Waals surface area contributed by atoms with E-state index in [0.717, 1.165) is 44.6 Å². The van der Waals surface area contributed by atoms with Crippen molar-refractivity contribution in [3.63, 3.8) is 0 Å². The predicted octanol–water partition coefficient (Wildman–Crippen LogP) is 4.63. The highest BCUT2D eigenvalue weighted by molar-refractivity contribution is 6.43. The molecule has 0 bridgehead atoms. The van der Waals surface area contributed by atoms with Gasteiger partial charge in [-0.25, -0.2) is 4.98 Å². The van der Waals surface area contributed by atoms with Crippen LogP contribution in [0.1, 0.15) is 31.4 Å². The molecule has 0 spiro atoms. The zero-order valence-electron chi connectivity index (χ0n) is 11.7. The van der Waals surface area contributed by atoms with Crippen molar-refractivity contribution in [2.24, 2.45) is 0 Å². The molecule has 8 heteroatoms. The van der Waals surface area contributed by atoms with Crippen LogP contribution in [0.3, 0.4) is 0 Å². The van der Waals surface area contributed by atoms with E-state index in [9.17, 15) is 0 Å². The summed E-state index contributed by atoms with van der Waals surface area (Å²) in [5.41, 5.74) is 0.923. The Morgan fingerprint density at radius 3 is 2.43 bits per heavy atom. The van der Waals surface area contributed by atoms with Crippen LogP contribution in [0.15, 0.2) is 6.20 Å². The van der Waals surface area contributed by atoms with Gasteiger partial charge in [0.1, 0.15) is 5.15 Å². The first-order chi connectivity index (χ1) is 9.15. The minimum absolute atomic E-state index is 0. The van der Waals surface area contributed by atoms with Crippen LogP contribution in [0.2, 0.25) is 15.2 Å². The molecular weight excluding hydrogens is 375 g/mol. The molecule has 0 saturated carbocycles. The second-order valence-electron chi connectivity index (χ2n) is 4.72. The van der Waals surface area contributed by atoms with Gasteiger partial charge in [0, 0.05) is 44.0 Å². The molecular formula is C13H20Cl5N3. The topological polar surface area (TPSA) is 28.2 Å². The first-order valence-corrected chi connectivity index (χ1v) is 7.72. The van der Waals surface area contributed by atoms with E-state index in [1.54, 1.807) is 6.20 Å². The van der Waals surface area contributed by atoms with E-state index in [2.05, 4.69) is 22.1 Å². The summed E-state index contributed by atoms with van der Waals surface area (Å²) in [5.74, 6) is 0. The number of nitrogens with one attached hydrogen (secondary N) is 1. The Hall–Kier alpha value is 0.520. The van der Waals surface area contributed by atoms with Crippen LogP contribution in [-0.2, 0) is 0 Å². The molecule has 1 aliphatic rings. The monoisotopic (exact) mass is 393 g/mol. The molecule has 0 aromatic carbocycles. The van der Waals surface area contributed by atoms with E-state index < -0.39 is 0 Å². The average Bonchev–Trinajstić information content (AvgIpc) is 2.43. The van der Waals surface area contributed by atoms with Crippen molar-refractivity contribution in [3.05, 3.63) is 27.0 Å². The molecule has 1 fully saturated rings. The number of hydrogen-bond donors (Lipinski definition) is 1. The molecule has 1 saturated heterocycles. The summed E-state index contributed by atoms with van der Waals surface area (Å²) < 4.78 is 0. The molecule has 1 aliphatic heterocycles. The minimum atomic E-state index is 0. The number of hydrogen-bond acceptors (Lipinski definition) is 3. The molecule has 2 heterocycles. The highest BCUT2D eigenvalue weighted by Crippen LogP contribution is 2.38. The summed E-state index contributed by atoms with van der Waals surface area (Å²) in [5, 5.41) is 4.78. The van der Waals surface area contributed by atoms with Crippen molar-refractivity contribution in [2.45, 2.75) is 25.8 Å². The van der Waals surface area contributed by atoms with Crippen LogP contribution in [0.4, 0.5) is 0 Å². The van der Waals surface area contributed by atoms with Crippen LogP contribution in [-0.4, -0.2) is 36.1 Å². The molecule has 3 nitrogen and oxygen atoms in total. The van der Waals surface area contributed by atoms with Gasteiger partial charge >= 0.3 is 0 Å². The minimum Gasteiger partial charge on any atom is -0.314 e. The highest BCUT2D eigenvalue weighted by Gasteiger charge is 2.26. The Bertz CT molecular complexity index is 438. The zero-order valence-corrected chi connectivity index (χ0v) is 15.6. The lowest BCUT2D eigenvalue weighted by molar-refractivity contribution is 0.164. The fraction of sp³-hybridized carbons (Fsp3) is 0.615. The molecule has 1 atom stereocenters. The molecule has 122 valence electrons. The summed E-state index contributed by atoms with van der Waals surface area (Å²) >= 11 is 18.7. The number of rotatable bonds is 4. The number of pyridine rings is 1. The van der Waals surface area contributed by atoms with E-state index in [1.807, 2.05) is 0 Å². The molecule has 0 unspecified atom stereocenters. The van der Waals surface area contributed by atoms with Crippen LogP contribution in [0.5, 0.6) is 0 Å². The third-order valence-corrected chi connectivity index (χ3v) is 4.52. The summed E-state index contributed by atoms with van der Waals surface area (Å²) in [7, 11) is 0. The Balaban J connectivity index is 0.00000200. The van der Waals surface area contributed by atoms with Crippen molar-refractivity contribution in [1.29, 1.82) is 0 Å². The average molecular weight is 396 g/mol. The van der Waals surface area contributed by atoms with Gasteiger partial charge in [0.05, 0.1) is 10.0 Å². The summed E-state index contributed by atoms with van der Waals surface area (Å²) in [4.78, 5) is 6.42. The van der Waals surface area contributed by atoms with E-state index in [1.165, 1.54) is 0 Å². The zero-order chi connectivity index (χ0) is 13.8. The molecule has 0 amide bonds. The fourth-order valence-electron chi connectivity index (χ4n) is 2.54. The van der Waals surface area contributed by atoms with Crippen LogP contribution in [0, 0.1) is 0 Å². The fourth-order valence-corrected chi connectivity index (χ4v) is 3.28. The van der Waals surface area contributed by atoms with Crippen molar-refractivity contribution in [3.8, 4) is 0 Å². The van der Waals surface area contributed by atoms with Gasteiger partial charge in [-0.15, -0.1) is 24.8 Å². The van der Waals surface area contributed by atoms with E-state index >= 15 is 0 Å². The number of halogens is 5. The lowest BCUT2D eigenvalue weighted by Gasteiger charge is -2.36. The molecule has 1 aromatic heterocycles. The lowest BCUT2D eigenvalue weighted by atomic mass is 10.0. The van der Waals surface area contributed by atoms with Crippen LogP contribution < -0.4 is 5.32 Å². The van der Waals surface area contributed by atoms with Gasteiger partial charge in [0.2, 0.25) is 0 Å². The Kier molecular flexibility index (Phi) is 10.6. The lowest BCUT2D eigenvalue weighted by Crippen LogP contribution is -2.45. The van der Waals surface area contributed by atoms with Gasteiger partial charge in [0.15, 0.2) is 0 Å². The molecule has 0 radical (unpaired) electrons. The first-order valence-electron chi connectivity index (χ1n) is 6.59. The molecule has 0 aliphatic carbocycles. The first kappa shape index (κ1) is 21.5. The van der Waals surface area contributed by atoms with Crippen LogP contribution in [0.25, 0.3) is 0 Å². The normalized spacial score (nSPS) is 16.8. The molecule has 1 N–H and O–H groups in total. The highest BCUT2D eigenvalue weighted by atomic mass is 35.5. The van der Waals surface area contributed by atoms with Gasteiger partial charge in [-0.3, -0.25) is 4.90 Å². The Labute approximate surface area is 153 Å². The second-order valence-corrected chi connectivity index (χ2v) is 5.86. The van der Waals surface area contributed by atoms with E-state index in [0.29, 0.717) is 15.2 Å². The third kappa shape index (κ3) is 5.28. The standard InChI is InChI=1S/C13H18Cl3N3.2ClH/c1-2-3-10(19-6-4-17-5-7-19)11-9(14)8-18-13(16)12(11)15;;/h8,10,17H,2-7H2,1H3;2*1H/t10-;;/m1../s1. The smallest absolute Gasteiger partial charge is 0.148 e. The van der Waals surface area contributed by atoms with Gasteiger partial charge in [-0.1, -0.05) is 48.1 Å². The number of nitrogens with zero attached hydrogens (tertiary/aromatic N) is 2. The van der Waals surface area contributed by atoms with Gasteiger partial charge < -0.3 is 5.32 Å². The van der Waals surface area contributed by atoms with Crippen molar-refractivity contribution >= 4 is 59.6 Å². The number of aromatic nitrogens is 1. The maximum atomic E-state index is 6.33. The van der Waals surface area contributed by atoms with Crippen molar-refractivity contribution < 1.29 is 0 Å². The van der Waals surface area contributed by atoms with Gasteiger partial charge in [0.25, 0.3) is 0 Å². The SMILES string of the molecule is CCC[C@H](c1c(Cl)cnc(Cl)c1Cl)N1CCNCC1.Cl.Cl. The maximum absolute atomic E-state index is 6.33. The van der Waals surface area contributed by atoms with Crippen molar-refractivity contribution in [1.82, 2.24) is 15.2 Å².